The minimum absolute atomic E-state index is 0.116. The van der Waals surface area contributed by atoms with Gasteiger partial charge in [0.1, 0.15) is 5.69 Å². The van der Waals surface area contributed by atoms with E-state index in [1.54, 1.807) is 24.4 Å². The van der Waals surface area contributed by atoms with Crippen LogP contribution >= 0.6 is 0 Å². The van der Waals surface area contributed by atoms with Crippen LogP contribution < -0.4 is 15.4 Å². The molecule has 0 bridgehead atoms. The predicted molar refractivity (Wildman–Crippen MR) is 81.8 cm³/mol. The van der Waals surface area contributed by atoms with Gasteiger partial charge in [0.05, 0.1) is 13.0 Å². The van der Waals surface area contributed by atoms with E-state index in [0.29, 0.717) is 17.3 Å². The van der Waals surface area contributed by atoms with Gasteiger partial charge in [-0.05, 0) is 23.8 Å². The van der Waals surface area contributed by atoms with E-state index in [1.165, 1.54) is 7.11 Å². The molecular formula is C16H15N3O3. The van der Waals surface area contributed by atoms with E-state index in [4.69, 9.17) is 4.74 Å². The molecule has 2 aromatic rings. The highest BCUT2D eigenvalue weighted by Gasteiger charge is 2.30. The first-order valence-corrected chi connectivity index (χ1v) is 6.87. The summed E-state index contributed by atoms with van der Waals surface area (Å²) in [5, 5.41) is 5.56. The average molecular weight is 297 g/mol. The van der Waals surface area contributed by atoms with Crippen LogP contribution in [0.2, 0.25) is 0 Å². The van der Waals surface area contributed by atoms with Gasteiger partial charge in [0.15, 0.2) is 0 Å². The third-order valence-electron chi connectivity index (χ3n) is 3.54. The van der Waals surface area contributed by atoms with Crippen LogP contribution in [-0.4, -0.2) is 23.9 Å². The Kier molecular flexibility index (Phi) is 3.74. The molecule has 2 N–H and O–H groups in total. The van der Waals surface area contributed by atoms with E-state index in [2.05, 4.69) is 15.6 Å². The van der Waals surface area contributed by atoms with Gasteiger partial charge in [0.25, 0.3) is 0 Å². The number of nitrogens with one attached hydrogen (secondary N) is 2. The lowest BCUT2D eigenvalue weighted by molar-refractivity contribution is -0.123. The maximum Gasteiger partial charge on any atom is 0.237 e. The van der Waals surface area contributed by atoms with Crippen molar-refractivity contribution >= 4 is 23.2 Å². The largest absolute Gasteiger partial charge is 0.480 e. The van der Waals surface area contributed by atoms with Gasteiger partial charge in [-0.2, -0.15) is 0 Å². The topological polar surface area (TPSA) is 80.3 Å². The molecule has 0 saturated heterocycles. The summed E-state index contributed by atoms with van der Waals surface area (Å²) in [5.74, 6) is -0.620. The molecule has 2 heterocycles. The summed E-state index contributed by atoms with van der Waals surface area (Å²) in [6, 6.07) is 10.7. The zero-order valence-electron chi connectivity index (χ0n) is 12.0. The van der Waals surface area contributed by atoms with Gasteiger partial charge in [0, 0.05) is 18.3 Å². The van der Waals surface area contributed by atoms with Crippen molar-refractivity contribution in [1.29, 1.82) is 0 Å². The van der Waals surface area contributed by atoms with Crippen LogP contribution in [0.5, 0.6) is 5.88 Å². The molecule has 0 aliphatic carbocycles. The Bertz CT molecular complexity index is 730. The number of hydrogen-bond donors (Lipinski definition) is 2. The van der Waals surface area contributed by atoms with Crippen molar-refractivity contribution in [2.24, 2.45) is 0 Å². The third-order valence-corrected chi connectivity index (χ3v) is 3.54. The number of nitrogens with zero attached hydrogens (tertiary/aromatic N) is 1. The lowest BCUT2D eigenvalue weighted by Crippen LogP contribution is -2.30. The zero-order valence-corrected chi connectivity index (χ0v) is 12.0. The molecule has 22 heavy (non-hydrogen) atoms. The zero-order chi connectivity index (χ0) is 15.5. The van der Waals surface area contributed by atoms with Crippen molar-refractivity contribution in [3.8, 4) is 5.88 Å². The molecule has 6 heteroatoms. The van der Waals surface area contributed by atoms with Gasteiger partial charge in [-0.1, -0.05) is 18.2 Å². The first-order chi connectivity index (χ1) is 10.7. The second-order valence-electron chi connectivity index (χ2n) is 4.94. The summed E-state index contributed by atoms with van der Waals surface area (Å²) in [6.45, 7) is 0. The van der Waals surface area contributed by atoms with Gasteiger partial charge < -0.3 is 15.4 Å². The standard InChI is InChI=1S/C16H15N3O3/c1-22-16-13(7-4-8-17-16)19-15(21)11-9-14(20)18-12-6-3-2-5-10(11)12/h2-8,11H,9H2,1H3,(H,18,20)(H,19,21)/t11-/m1/s1. The predicted octanol–water partition coefficient (Wildman–Crippen LogP) is 2.15. The molecule has 0 fully saturated rings. The van der Waals surface area contributed by atoms with Crippen molar-refractivity contribution in [3.05, 3.63) is 48.2 Å². The minimum Gasteiger partial charge on any atom is -0.480 e. The number of fused-ring (bicyclic) bond motifs is 1. The number of benzene rings is 1. The van der Waals surface area contributed by atoms with Crippen LogP contribution in [0.1, 0.15) is 17.9 Å². The molecule has 1 aliphatic heterocycles. The molecular weight excluding hydrogens is 282 g/mol. The van der Waals surface area contributed by atoms with E-state index in [9.17, 15) is 9.59 Å². The SMILES string of the molecule is COc1ncccc1NC(=O)[C@@H]1CC(=O)Nc2ccccc21. The molecule has 1 aromatic heterocycles. The molecule has 2 amide bonds. The summed E-state index contributed by atoms with van der Waals surface area (Å²) < 4.78 is 5.12. The Morgan fingerprint density at radius 1 is 1.32 bits per heavy atom. The van der Waals surface area contributed by atoms with Crippen molar-refractivity contribution in [3.63, 3.8) is 0 Å². The quantitative estimate of drug-likeness (QED) is 0.909. The Balaban J connectivity index is 1.88. The van der Waals surface area contributed by atoms with Gasteiger partial charge in [-0.25, -0.2) is 4.98 Å². The highest BCUT2D eigenvalue weighted by Crippen LogP contribution is 2.33. The fourth-order valence-corrected chi connectivity index (χ4v) is 2.51. The third kappa shape index (κ3) is 2.63. The summed E-state index contributed by atoms with van der Waals surface area (Å²) in [6.07, 6.45) is 1.70. The second-order valence-corrected chi connectivity index (χ2v) is 4.94. The van der Waals surface area contributed by atoms with E-state index in [1.807, 2.05) is 18.2 Å². The lowest BCUT2D eigenvalue weighted by atomic mass is 9.90. The molecule has 1 aliphatic rings. The molecule has 6 nitrogen and oxygen atoms in total. The van der Waals surface area contributed by atoms with E-state index in [0.717, 1.165) is 5.56 Å². The number of rotatable bonds is 3. The van der Waals surface area contributed by atoms with E-state index in [-0.39, 0.29) is 18.2 Å². The number of hydrogen-bond acceptors (Lipinski definition) is 4. The van der Waals surface area contributed by atoms with Crippen molar-refractivity contribution in [2.75, 3.05) is 17.7 Å². The van der Waals surface area contributed by atoms with Crippen LogP contribution in [0.3, 0.4) is 0 Å². The summed E-state index contributed by atoms with van der Waals surface area (Å²) >= 11 is 0. The van der Waals surface area contributed by atoms with Gasteiger partial charge >= 0.3 is 0 Å². The Morgan fingerprint density at radius 3 is 2.95 bits per heavy atom. The van der Waals surface area contributed by atoms with Crippen molar-refractivity contribution in [1.82, 2.24) is 4.98 Å². The Hall–Kier alpha value is -2.89. The Morgan fingerprint density at radius 2 is 2.14 bits per heavy atom. The maximum atomic E-state index is 12.6. The van der Waals surface area contributed by atoms with Crippen molar-refractivity contribution < 1.29 is 14.3 Å². The van der Waals surface area contributed by atoms with Crippen LogP contribution in [0, 0.1) is 0 Å². The molecule has 1 atom stereocenters. The summed E-state index contributed by atoms with van der Waals surface area (Å²) in [5.41, 5.74) is 1.97. The number of para-hydroxylation sites is 1. The van der Waals surface area contributed by atoms with E-state index >= 15 is 0 Å². The molecule has 3 rings (SSSR count). The van der Waals surface area contributed by atoms with Crippen LogP contribution in [0.4, 0.5) is 11.4 Å². The summed E-state index contributed by atoms with van der Waals surface area (Å²) in [7, 11) is 1.49. The Labute approximate surface area is 127 Å². The number of carbonyl (C=O) groups is 2. The fraction of sp³-hybridized carbons (Fsp3) is 0.188. The number of pyridine rings is 1. The average Bonchev–Trinajstić information content (AvgIpc) is 2.54. The number of methoxy groups -OCH3 is 1. The molecule has 112 valence electrons. The van der Waals surface area contributed by atoms with Gasteiger partial charge in [0.2, 0.25) is 17.7 Å². The molecule has 0 spiro atoms. The number of carbonyl (C=O) groups excluding carboxylic acids is 2. The monoisotopic (exact) mass is 297 g/mol. The molecule has 0 unspecified atom stereocenters. The maximum absolute atomic E-state index is 12.6. The minimum atomic E-state index is -0.533. The smallest absolute Gasteiger partial charge is 0.237 e. The molecule has 1 aromatic carbocycles. The fourth-order valence-electron chi connectivity index (χ4n) is 2.51. The van der Waals surface area contributed by atoms with Gasteiger partial charge in [-0.3, -0.25) is 9.59 Å². The number of anilines is 2. The first kappa shape index (κ1) is 14.1. The first-order valence-electron chi connectivity index (χ1n) is 6.87. The number of aromatic nitrogens is 1. The van der Waals surface area contributed by atoms with Crippen LogP contribution in [0.15, 0.2) is 42.6 Å². The van der Waals surface area contributed by atoms with Crippen LogP contribution in [0.25, 0.3) is 0 Å². The number of ether oxygens (including phenoxy) is 1. The number of amides is 2. The highest BCUT2D eigenvalue weighted by molar-refractivity contribution is 6.05. The molecule has 0 saturated carbocycles. The summed E-state index contributed by atoms with van der Waals surface area (Å²) in [4.78, 5) is 28.4. The highest BCUT2D eigenvalue weighted by atomic mass is 16.5. The van der Waals surface area contributed by atoms with Crippen molar-refractivity contribution in [2.45, 2.75) is 12.3 Å². The molecule has 0 radical (unpaired) electrons. The van der Waals surface area contributed by atoms with Gasteiger partial charge in [-0.15, -0.1) is 0 Å². The second kappa shape index (κ2) is 5.85. The normalized spacial score (nSPS) is 16.4. The van der Waals surface area contributed by atoms with E-state index < -0.39 is 5.92 Å². The lowest BCUT2D eigenvalue weighted by Gasteiger charge is -2.24. The van der Waals surface area contributed by atoms with Crippen LogP contribution in [-0.2, 0) is 9.59 Å².